The maximum absolute atomic E-state index is 12.3. The summed E-state index contributed by atoms with van der Waals surface area (Å²) in [6.45, 7) is 0.170. The maximum Gasteiger partial charge on any atom is 0.270 e. The van der Waals surface area contributed by atoms with Crippen LogP contribution in [0.5, 0.6) is 0 Å². The summed E-state index contributed by atoms with van der Waals surface area (Å²) in [7, 11) is 0. The first kappa shape index (κ1) is 13.5. The number of rotatable bonds is 5. The van der Waals surface area contributed by atoms with Crippen LogP contribution in [0.1, 0.15) is 29.6 Å². The smallest absolute Gasteiger partial charge is 0.270 e. The number of aliphatic hydroxyl groups is 1. The lowest BCUT2D eigenvalue weighted by molar-refractivity contribution is -0.384. The van der Waals surface area contributed by atoms with E-state index in [9.17, 15) is 14.9 Å². The van der Waals surface area contributed by atoms with Crippen LogP contribution in [0.3, 0.4) is 0 Å². The standard InChI is InChI=1S/C13H16N2O4/c16-8-7-14(11-4-2-5-11)13(17)10-3-1-6-12(9-10)15(18)19/h1,3,6,9,11,16H,2,4-5,7-8H2. The van der Waals surface area contributed by atoms with Crippen LogP contribution in [0.2, 0.25) is 0 Å². The van der Waals surface area contributed by atoms with Crippen LogP contribution in [0.25, 0.3) is 0 Å². The van der Waals surface area contributed by atoms with Crippen LogP contribution in [-0.4, -0.2) is 40.0 Å². The van der Waals surface area contributed by atoms with Crippen LogP contribution < -0.4 is 0 Å². The van der Waals surface area contributed by atoms with E-state index in [1.165, 1.54) is 18.2 Å². The number of benzene rings is 1. The second-order valence-corrected chi connectivity index (χ2v) is 4.61. The fourth-order valence-electron chi connectivity index (χ4n) is 2.17. The van der Waals surface area contributed by atoms with Crippen molar-refractivity contribution in [2.75, 3.05) is 13.2 Å². The molecule has 0 aromatic heterocycles. The van der Waals surface area contributed by atoms with Crippen LogP contribution in [0, 0.1) is 10.1 Å². The normalized spacial score (nSPS) is 14.8. The topological polar surface area (TPSA) is 83.7 Å². The van der Waals surface area contributed by atoms with Gasteiger partial charge in [-0.2, -0.15) is 0 Å². The summed E-state index contributed by atoms with van der Waals surface area (Å²) < 4.78 is 0. The molecule has 0 radical (unpaired) electrons. The van der Waals surface area contributed by atoms with E-state index in [0.717, 1.165) is 19.3 Å². The van der Waals surface area contributed by atoms with Gasteiger partial charge in [0, 0.05) is 30.3 Å². The molecular weight excluding hydrogens is 248 g/mol. The van der Waals surface area contributed by atoms with E-state index in [-0.39, 0.29) is 30.8 Å². The summed E-state index contributed by atoms with van der Waals surface area (Å²) in [6, 6.07) is 5.86. The van der Waals surface area contributed by atoms with E-state index < -0.39 is 4.92 Å². The van der Waals surface area contributed by atoms with E-state index >= 15 is 0 Å². The van der Waals surface area contributed by atoms with Crippen molar-refractivity contribution in [3.63, 3.8) is 0 Å². The molecule has 1 aromatic carbocycles. The van der Waals surface area contributed by atoms with Gasteiger partial charge in [0.15, 0.2) is 0 Å². The molecule has 1 aromatic rings. The fourth-order valence-corrected chi connectivity index (χ4v) is 2.17. The lowest BCUT2D eigenvalue weighted by atomic mass is 9.91. The third-order valence-electron chi connectivity index (χ3n) is 3.42. The number of hydrogen-bond acceptors (Lipinski definition) is 4. The molecule has 1 N–H and O–H groups in total. The van der Waals surface area contributed by atoms with Gasteiger partial charge in [-0.05, 0) is 25.3 Å². The van der Waals surface area contributed by atoms with E-state index in [4.69, 9.17) is 5.11 Å². The highest BCUT2D eigenvalue weighted by atomic mass is 16.6. The third kappa shape index (κ3) is 2.90. The first-order valence-corrected chi connectivity index (χ1v) is 6.30. The molecule has 0 saturated heterocycles. The van der Waals surface area contributed by atoms with E-state index in [2.05, 4.69) is 0 Å². The molecule has 0 aliphatic heterocycles. The van der Waals surface area contributed by atoms with Crippen molar-refractivity contribution in [2.24, 2.45) is 0 Å². The predicted octanol–water partition coefficient (Wildman–Crippen LogP) is 1.58. The number of carbonyl (C=O) groups excluding carboxylic acids is 1. The second kappa shape index (κ2) is 5.79. The van der Waals surface area contributed by atoms with Gasteiger partial charge in [-0.1, -0.05) is 6.07 Å². The SMILES string of the molecule is O=C(c1cccc([N+](=O)[O-])c1)N(CCO)C1CCC1. The first-order valence-electron chi connectivity index (χ1n) is 6.30. The average molecular weight is 264 g/mol. The number of amides is 1. The van der Waals surface area contributed by atoms with Gasteiger partial charge in [-0.3, -0.25) is 14.9 Å². The summed E-state index contributed by atoms with van der Waals surface area (Å²) in [4.78, 5) is 24.1. The quantitative estimate of drug-likeness (QED) is 0.646. The molecule has 1 aliphatic rings. The molecule has 1 aliphatic carbocycles. The molecule has 0 unspecified atom stereocenters. The zero-order valence-electron chi connectivity index (χ0n) is 10.5. The Kier molecular flexibility index (Phi) is 4.11. The summed E-state index contributed by atoms with van der Waals surface area (Å²) in [5.74, 6) is -0.248. The molecule has 1 fully saturated rings. The lowest BCUT2D eigenvalue weighted by Crippen LogP contribution is -2.45. The minimum atomic E-state index is -0.517. The molecular formula is C13H16N2O4. The monoisotopic (exact) mass is 264 g/mol. The second-order valence-electron chi connectivity index (χ2n) is 4.61. The molecule has 6 nitrogen and oxygen atoms in total. The Hall–Kier alpha value is -1.95. The summed E-state index contributed by atoms with van der Waals surface area (Å²) in [5, 5.41) is 19.8. The van der Waals surface area contributed by atoms with Crippen LogP contribution >= 0.6 is 0 Å². The van der Waals surface area contributed by atoms with Crippen molar-refractivity contribution >= 4 is 11.6 Å². The molecule has 0 bridgehead atoms. The minimum absolute atomic E-state index is 0.0941. The number of nitrogens with zero attached hydrogens (tertiary/aromatic N) is 2. The van der Waals surface area contributed by atoms with E-state index in [1.54, 1.807) is 11.0 Å². The highest BCUT2D eigenvalue weighted by Gasteiger charge is 2.29. The number of nitro groups is 1. The molecule has 1 amide bonds. The fraction of sp³-hybridized carbons (Fsp3) is 0.462. The zero-order valence-corrected chi connectivity index (χ0v) is 10.5. The van der Waals surface area contributed by atoms with E-state index in [0.29, 0.717) is 5.56 Å². The van der Waals surface area contributed by atoms with Gasteiger partial charge in [0.2, 0.25) is 0 Å². The van der Waals surface area contributed by atoms with Gasteiger partial charge in [0.1, 0.15) is 0 Å². The third-order valence-corrected chi connectivity index (χ3v) is 3.42. The Morgan fingerprint density at radius 2 is 2.21 bits per heavy atom. The van der Waals surface area contributed by atoms with Gasteiger partial charge < -0.3 is 10.0 Å². The Labute approximate surface area is 110 Å². The predicted molar refractivity (Wildman–Crippen MR) is 68.9 cm³/mol. The molecule has 0 spiro atoms. The molecule has 6 heteroatoms. The number of non-ortho nitro benzene ring substituents is 1. The number of nitro benzene ring substituents is 1. The van der Waals surface area contributed by atoms with Crippen molar-refractivity contribution < 1.29 is 14.8 Å². The minimum Gasteiger partial charge on any atom is -0.395 e. The molecule has 1 saturated carbocycles. The summed E-state index contributed by atoms with van der Waals surface area (Å²) in [5.41, 5.74) is 0.206. The van der Waals surface area contributed by atoms with Gasteiger partial charge in [-0.15, -0.1) is 0 Å². The number of hydrogen-bond donors (Lipinski definition) is 1. The van der Waals surface area contributed by atoms with Crippen molar-refractivity contribution in [3.8, 4) is 0 Å². The Morgan fingerprint density at radius 3 is 2.74 bits per heavy atom. The lowest BCUT2D eigenvalue weighted by Gasteiger charge is -2.37. The van der Waals surface area contributed by atoms with Gasteiger partial charge in [-0.25, -0.2) is 0 Å². The number of aliphatic hydroxyl groups excluding tert-OH is 1. The maximum atomic E-state index is 12.3. The highest BCUT2D eigenvalue weighted by molar-refractivity contribution is 5.95. The molecule has 0 atom stereocenters. The van der Waals surface area contributed by atoms with Crippen molar-refractivity contribution in [1.29, 1.82) is 0 Å². The summed E-state index contributed by atoms with van der Waals surface area (Å²) >= 11 is 0. The van der Waals surface area contributed by atoms with Gasteiger partial charge in [0.25, 0.3) is 11.6 Å². The van der Waals surface area contributed by atoms with E-state index in [1.807, 2.05) is 0 Å². The first-order chi connectivity index (χ1) is 9.13. The number of carbonyl (C=O) groups is 1. The Morgan fingerprint density at radius 1 is 1.47 bits per heavy atom. The highest BCUT2D eigenvalue weighted by Crippen LogP contribution is 2.26. The van der Waals surface area contributed by atoms with Crippen molar-refractivity contribution in [2.45, 2.75) is 25.3 Å². The van der Waals surface area contributed by atoms with Crippen molar-refractivity contribution in [1.82, 2.24) is 4.90 Å². The zero-order chi connectivity index (χ0) is 13.8. The molecule has 19 heavy (non-hydrogen) atoms. The largest absolute Gasteiger partial charge is 0.395 e. The van der Waals surface area contributed by atoms with Crippen molar-refractivity contribution in [3.05, 3.63) is 39.9 Å². The molecule has 2 rings (SSSR count). The molecule has 0 heterocycles. The Bertz CT molecular complexity index is 485. The summed E-state index contributed by atoms with van der Waals surface area (Å²) in [6.07, 6.45) is 2.94. The van der Waals surface area contributed by atoms with Gasteiger partial charge in [0.05, 0.1) is 11.5 Å². The Balaban J connectivity index is 2.20. The van der Waals surface area contributed by atoms with Crippen LogP contribution in [0.4, 0.5) is 5.69 Å². The average Bonchev–Trinajstić information content (AvgIpc) is 2.35. The van der Waals surface area contributed by atoms with Crippen LogP contribution in [-0.2, 0) is 0 Å². The molecule has 102 valence electrons. The van der Waals surface area contributed by atoms with Gasteiger partial charge >= 0.3 is 0 Å². The van der Waals surface area contributed by atoms with Crippen LogP contribution in [0.15, 0.2) is 24.3 Å².